The molecule has 0 fully saturated rings. The molecule has 0 aliphatic carbocycles. The van der Waals surface area contributed by atoms with Gasteiger partial charge in [-0.15, -0.1) is 0 Å². The molecule has 0 heterocycles. The van der Waals surface area contributed by atoms with Gasteiger partial charge in [0.1, 0.15) is 0 Å². The van der Waals surface area contributed by atoms with E-state index in [1.165, 1.54) is 7.11 Å². The summed E-state index contributed by atoms with van der Waals surface area (Å²) in [6.07, 6.45) is 2.38. The lowest BCUT2D eigenvalue weighted by Gasteiger charge is -2.11. The number of halogens is 1. The predicted octanol–water partition coefficient (Wildman–Crippen LogP) is 6.19. The molecule has 0 bridgehead atoms. The first-order valence-corrected chi connectivity index (χ1v) is 10.9. The standard InChI is InChI=1S/C27H24ClNO5/c1-31-23-6-3-4-7-24(23)33-15-5-8-27(30)34-25-14-9-19(17-26(25)32-2)16-21(18-29)20-10-12-22(28)13-11-20/h3-4,6-7,9-14,16-17H,5,8,15H2,1-2H3/b21-16+. The van der Waals surface area contributed by atoms with Crippen molar-refractivity contribution in [1.82, 2.24) is 0 Å². The highest BCUT2D eigenvalue weighted by atomic mass is 35.5. The van der Waals surface area contributed by atoms with Gasteiger partial charge >= 0.3 is 5.97 Å². The first-order chi connectivity index (χ1) is 16.5. The summed E-state index contributed by atoms with van der Waals surface area (Å²) in [5.74, 6) is 1.56. The topological polar surface area (TPSA) is 77.8 Å². The van der Waals surface area contributed by atoms with E-state index in [0.717, 1.165) is 11.1 Å². The van der Waals surface area contributed by atoms with Gasteiger partial charge in [0, 0.05) is 11.4 Å². The van der Waals surface area contributed by atoms with E-state index in [4.69, 9.17) is 30.5 Å². The van der Waals surface area contributed by atoms with Crippen LogP contribution in [0.2, 0.25) is 5.02 Å². The number of ether oxygens (including phenoxy) is 4. The summed E-state index contributed by atoms with van der Waals surface area (Å²) < 4.78 is 21.8. The van der Waals surface area contributed by atoms with Crippen molar-refractivity contribution in [1.29, 1.82) is 5.26 Å². The Balaban J connectivity index is 1.60. The summed E-state index contributed by atoms with van der Waals surface area (Å²) in [4.78, 5) is 12.3. The number of nitriles is 1. The number of allylic oxidation sites excluding steroid dienone is 1. The highest BCUT2D eigenvalue weighted by Crippen LogP contribution is 2.31. The first kappa shape index (κ1) is 24.7. The summed E-state index contributed by atoms with van der Waals surface area (Å²) in [5.41, 5.74) is 1.95. The summed E-state index contributed by atoms with van der Waals surface area (Å²) in [7, 11) is 3.07. The summed E-state index contributed by atoms with van der Waals surface area (Å²) in [5, 5.41) is 10.1. The monoisotopic (exact) mass is 477 g/mol. The van der Waals surface area contributed by atoms with Crippen LogP contribution in [0.25, 0.3) is 11.6 Å². The largest absolute Gasteiger partial charge is 0.493 e. The maximum absolute atomic E-state index is 12.3. The molecule has 0 saturated heterocycles. The lowest BCUT2D eigenvalue weighted by atomic mass is 10.0. The maximum atomic E-state index is 12.3. The zero-order valence-corrected chi connectivity index (χ0v) is 19.7. The number of carbonyl (C=O) groups excluding carboxylic acids is 1. The van der Waals surface area contributed by atoms with Gasteiger partial charge in [-0.3, -0.25) is 4.79 Å². The molecule has 0 atom stereocenters. The second-order valence-electron chi connectivity index (χ2n) is 7.16. The number of esters is 1. The first-order valence-electron chi connectivity index (χ1n) is 10.6. The van der Waals surface area contributed by atoms with Crippen LogP contribution >= 0.6 is 11.6 Å². The second kappa shape index (κ2) is 12.3. The quantitative estimate of drug-likeness (QED) is 0.114. The molecule has 0 saturated carbocycles. The Morgan fingerprint density at radius 3 is 2.32 bits per heavy atom. The van der Waals surface area contributed by atoms with Gasteiger partial charge in [0.2, 0.25) is 0 Å². The molecule has 3 aromatic carbocycles. The Kier molecular flexibility index (Phi) is 8.96. The molecule has 0 aliphatic rings. The van der Waals surface area contributed by atoms with Crippen LogP contribution in [0.3, 0.4) is 0 Å². The number of nitrogens with zero attached hydrogens (tertiary/aromatic N) is 1. The molecule has 0 amide bonds. The van der Waals surface area contributed by atoms with Crippen LogP contribution in [0.1, 0.15) is 24.0 Å². The highest BCUT2D eigenvalue weighted by molar-refractivity contribution is 6.30. The molecule has 3 rings (SSSR count). The van der Waals surface area contributed by atoms with Crippen LogP contribution in [0, 0.1) is 11.3 Å². The minimum Gasteiger partial charge on any atom is -0.493 e. The van der Waals surface area contributed by atoms with Crippen LogP contribution in [0.5, 0.6) is 23.0 Å². The lowest BCUT2D eigenvalue weighted by molar-refractivity contribution is -0.134. The van der Waals surface area contributed by atoms with E-state index in [0.29, 0.717) is 46.6 Å². The smallest absolute Gasteiger partial charge is 0.311 e. The number of methoxy groups -OCH3 is 2. The van der Waals surface area contributed by atoms with Crippen molar-refractivity contribution in [2.24, 2.45) is 0 Å². The van der Waals surface area contributed by atoms with Crippen LogP contribution in [0.15, 0.2) is 66.7 Å². The molecule has 0 aromatic heterocycles. The zero-order valence-electron chi connectivity index (χ0n) is 18.9. The Morgan fingerprint density at radius 1 is 0.941 bits per heavy atom. The van der Waals surface area contributed by atoms with Crippen molar-refractivity contribution in [2.75, 3.05) is 20.8 Å². The zero-order chi connectivity index (χ0) is 24.3. The molecular weight excluding hydrogens is 454 g/mol. The molecule has 0 spiro atoms. The number of para-hydroxylation sites is 2. The van der Waals surface area contributed by atoms with Crippen molar-refractivity contribution in [3.05, 3.63) is 82.9 Å². The molecule has 0 N–H and O–H groups in total. The van der Waals surface area contributed by atoms with Gasteiger partial charge in [0.05, 0.1) is 32.5 Å². The summed E-state index contributed by atoms with van der Waals surface area (Å²) in [6, 6.07) is 21.6. The second-order valence-corrected chi connectivity index (χ2v) is 7.60. The third kappa shape index (κ3) is 6.77. The van der Waals surface area contributed by atoms with Crippen molar-refractivity contribution < 1.29 is 23.7 Å². The number of carbonyl (C=O) groups is 1. The molecule has 0 aliphatic heterocycles. The van der Waals surface area contributed by atoms with E-state index >= 15 is 0 Å². The maximum Gasteiger partial charge on any atom is 0.311 e. The van der Waals surface area contributed by atoms with Crippen molar-refractivity contribution in [3.63, 3.8) is 0 Å². The molecule has 0 unspecified atom stereocenters. The molecule has 3 aromatic rings. The van der Waals surface area contributed by atoms with Crippen molar-refractivity contribution in [2.45, 2.75) is 12.8 Å². The van der Waals surface area contributed by atoms with Crippen LogP contribution in [-0.4, -0.2) is 26.8 Å². The van der Waals surface area contributed by atoms with E-state index in [2.05, 4.69) is 6.07 Å². The van der Waals surface area contributed by atoms with Gasteiger partial charge in [-0.25, -0.2) is 0 Å². The fraction of sp³-hybridized carbons (Fsp3) is 0.185. The summed E-state index contributed by atoms with van der Waals surface area (Å²) in [6.45, 7) is 0.345. The average Bonchev–Trinajstić information content (AvgIpc) is 2.86. The van der Waals surface area contributed by atoms with E-state index in [1.807, 2.05) is 24.3 Å². The third-order valence-electron chi connectivity index (χ3n) is 4.85. The normalized spacial score (nSPS) is 10.8. The van der Waals surface area contributed by atoms with Gasteiger partial charge in [-0.2, -0.15) is 5.26 Å². The predicted molar refractivity (Wildman–Crippen MR) is 131 cm³/mol. The number of hydrogen-bond acceptors (Lipinski definition) is 6. The van der Waals surface area contributed by atoms with Crippen LogP contribution in [0.4, 0.5) is 0 Å². The Bertz CT molecular complexity index is 1200. The van der Waals surface area contributed by atoms with E-state index < -0.39 is 5.97 Å². The van der Waals surface area contributed by atoms with Gasteiger partial charge < -0.3 is 18.9 Å². The van der Waals surface area contributed by atoms with Gasteiger partial charge in [0.25, 0.3) is 0 Å². The molecular formula is C27H24ClNO5. The van der Waals surface area contributed by atoms with Gasteiger partial charge in [0.15, 0.2) is 23.0 Å². The van der Waals surface area contributed by atoms with Crippen molar-refractivity contribution >= 4 is 29.2 Å². The van der Waals surface area contributed by atoms with Crippen molar-refractivity contribution in [3.8, 4) is 29.1 Å². The molecule has 0 radical (unpaired) electrons. The number of hydrogen-bond donors (Lipinski definition) is 0. The molecule has 7 heteroatoms. The average molecular weight is 478 g/mol. The van der Waals surface area contributed by atoms with E-state index in [-0.39, 0.29) is 6.42 Å². The highest BCUT2D eigenvalue weighted by Gasteiger charge is 2.12. The Labute approximate surface area is 203 Å². The summed E-state index contributed by atoms with van der Waals surface area (Å²) >= 11 is 5.93. The minimum absolute atomic E-state index is 0.176. The Hall–Kier alpha value is -3.95. The fourth-order valence-corrected chi connectivity index (χ4v) is 3.27. The lowest BCUT2D eigenvalue weighted by Crippen LogP contribution is -2.10. The van der Waals surface area contributed by atoms with E-state index in [1.54, 1.807) is 55.7 Å². The van der Waals surface area contributed by atoms with Gasteiger partial charge in [-0.05, 0) is 60.0 Å². The Morgan fingerprint density at radius 2 is 1.65 bits per heavy atom. The fourth-order valence-electron chi connectivity index (χ4n) is 3.14. The molecule has 6 nitrogen and oxygen atoms in total. The molecule has 174 valence electrons. The minimum atomic E-state index is -0.399. The van der Waals surface area contributed by atoms with Crippen LogP contribution in [-0.2, 0) is 4.79 Å². The van der Waals surface area contributed by atoms with E-state index in [9.17, 15) is 10.1 Å². The molecule has 34 heavy (non-hydrogen) atoms. The van der Waals surface area contributed by atoms with Gasteiger partial charge in [-0.1, -0.05) is 41.9 Å². The number of rotatable bonds is 10. The number of benzene rings is 3. The van der Waals surface area contributed by atoms with Crippen LogP contribution < -0.4 is 18.9 Å². The SMILES string of the molecule is COc1ccccc1OCCCC(=O)Oc1ccc(/C=C(\C#N)c2ccc(Cl)cc2)cc1OC. The third-order valence-corrected chi connectivity index (χ3v) is 5.10.